The van der Waals surface area contributed by atoms with Crippen LogP contribution in [0.5, 0.6) is 0 Å². The fourth-order valence-corrected chi connectivity index (χ4v) is 3.53. The van der Waals surface area contributed by atoms with E-state index in [1.165, 1.54) is 0 Å². The number of ketones is 1. The van der Waals surface area contributed by atoms with Gasteiger partial charge in [-0.25, -0.2) is 0 Å². The Balaban J connectivity index is 1.77. The maximum Gasteiger partial charge on any atom is 0.193 e. The molecule has 122 valence electrons. The van der Waals surface area contributed by atoms with Crippen molar-refractivity contribution in [1.82, 2.24) is 0 Å². The monoisotopic (exact) mass is 324 g/mol. The summed E-state index contributed by atoms with van der Waals surface area (Å²) in [5.74, 6) is 0.101. The zero-order chi connectivity index (χ0) is 17.2. The molecule has 1 nitrogen and oxygen atoms in total. The van der Waals surface area contributed by atoms with Gasteiger partial charge in [0, 0.05) is 11.1 Å². The summed E-state index contributed by atoms with van der Waals surface area (Å²) in [7, 11) is 0. The van der Waals surface area contributed by atoms with Crippen LogP contribution in [0.4, 0.5) is 0 Å². The summed E-state index contributed by atoms with van der Waals surface area (Å²) < 4.78 is 0. The number of carbonyl (C=O) groups excluding carboxylic acids is 1. The summed E-state index contributed by atoms with van der Waals surface area (Å²) >= 11 is 0. The normalized spacial score (nSPS) is 11.9. The molecule has 0 atom stereocenters. The second kappa shape index (κ2) is 6.68. The molecule has 3 aromatic carbocycles. The topological polar surface area (TPSA) is 17.1 Å². The first kappa shape index (κ1) is 15.8. The molecule has 0 spiro atoms. The highest BCUT2D eigenvalue weighted by molar-refractivity contribution is 6.12. The minimum absolute atomic E-state index is 0.101. The number of hydrogen-bond donors (Lipinski definition) is 0. The molecule has 3 aromatic rings. The van der Waals surface area contributed by atoms with Crippen molar-refractivity contribution < 1.29 is 4.79 Å². The molecule has 0 heterocycles. The zero-order valence-corrected chi connectivity index (χ0v) is 14.4. The Morgan fingerprint density at radius 2 is 1.56 bits per heavy atom. The van der Waals surface area contributed by atoms with E-state index in [4.69, 9.17) is 0 Å². The lowest BCUT2D eigenvalue weighted by Gasteiger charge is -2.11. The average molecular weight is 324 g/mol. The lowest BCUT2D eigenvalue weighted by molar-refractivity contribution is 0.103. The minimum Gasteiger partial charge on any atom is -0.289 e. The molecule has 0 fully saturated rings. The molecule has 0 amide bonds. The summed E-state index contributed by atoms with van der Waals surface area (Å²) in [6.07, 6.45) is 6.61. The van der Waals surface area contributed by atoms with Gasteiger partial charge in [-0.05, 0) is 40.7 Å². The summed E-state index contributed by atoms with van der Waals surface area (Å²) in [4.78, 5) is 13.3. The Labute approximate surface area is 149 Å². The third kappa shape index (κ3) is 2.80. The fraction of sp³-hybridized carbons (Fsp3) is 0.167. The van der Waals surface area contributed by atoms with Crippen molar-refractivity contribution in [2.24, 2.45) is 0 Å². The largest absolute Gasteiger partial charge is 0.289 e. The van der Waals surface area contributed by atoms with Crippen LogP contribution in [0, 0.1) is 6.42 Å². The van der Waals surface area contributed by atoms with Gasteiger partial charge in [-0.15, -0.1) is 0 Å². The molecule has 1 heteroatoms. The van der Waals surface area contributed by atoms with Gasteiger partial charge in [-0.3, -0.25) is 4.79 Å². The van der Waals surface area contributed by atoms with Crippen LogP contribution in [0.3, 0.4) is 0 Å². The predicted molar refractivity (Wildman–Crippen MR) is 102 cm³/mol. The zero-order valence-electron chi connectivity index (χ0n) is 14.4. The third-order valence-corrected chi connectivity index (χ3v) is 4.85. The highest BCUT2D eigenvalue weighted by Gasteiger charge is 2.25. The first-order valence-corrected chi connectivity index (χ1v) is 8.91. The van der Waals surface area contributed by atoms with E-state index >= 15 is 0 Å². The lowest BCUT2D eigenvalue weighted by atomic mass is 9.91. The second-order valence-electron chi connectivity index (χ2n) is 6.49. The minimum atomic E-state index is 0.101. The van der Waals surface area contributed by atoms with Crippen molar-refractivity contribution in [1.29, 1.82) is 0 Å². The van der Waals surface area contributed by atoms with Crippen LogP contribution >= 0.6 is 0 Å². The van der Waals surface area contributed by atoms with Crippen LogP contribution in [-0.2, 0) is 6.42 Å². The number of fused-ring (bicyclic) bond motifs is 3. The van der Waals surface area contributed by atoms with Gasteiger partial charge in [0.05, 0.1) is 6.42 Å². The summed E-state index contributed by atoms with van der Waals surface area (Å²) in [6.45, 7) is 2.18. The Morgan fingerprint density at radius 3 is 2.44 bits per heavy atom. The number of rotatable bonds is 5. The molecule has 0 bridgehead atoms. The van der Waals surface area contributed by atoms with Gasteiger partial charge in [0.2, 0.25) is 0 Å². The van der Waals surface area contributed by atoms with E-state index in [1.54, 1.807) is 0 Å². The maximum absolute atomic E-state index is 13.3. The molecule has 0 saturated carbocycles. The number of aryl methyl sites for hydroxylation is 1. The van der Waals surface area contributed by atoms with E-state index in [2.05, 4.69) is 37.6 Å². The SMILES string of the molecule is CCCCc1ccccc1C(=O)c1cccc2c1[C]c1ccccc1-2. The molecule has 0 unspecified atom stereocenters. The number of unbranched alkanes of at least 4 members (excludes halogenated alkanes) is 1. The lowest BCUT2D eigenvalue weighted by Crippen LogP contribution is -2.08. The van der Waals surface area contributed by atoms with Crippen molar-refractivity contribution in [3.63, 3.8) is 0 Å². The van der Waals surface area contributed by atoms with Crippen molar-refractivity contribution in [2.75, 3.05) is 0 Å². The van der Waals surface area contributed by atoms with Crippen LogP contribution < -0.4 is 0 Å². The molecule has 0 aromatic heterocycles. The van der Waals surface area contributed by atoms with Crippen molar-refractivity contribution in [3.8, 4) is 11.1 Å². The molecular weight excluding hydrogens is 304 g/mol. The van der Waals surface area contributed by atoms with E-state index in [9.17, 15) is 4.79 Å². The molecular formula is C24H20O. The van der Waals surface area contributed by atoms with Gasteiger partial charge in [0.25, 0.3) is 0 Å². The molecule has 1 aliphatic carbocycles. The van der Waals surface area contributed by atoms with E-state index in [0.29, 0.717) is 0 Å². The molecule has 25 heavy (non-hydrogen) atoms. The molecule has 0 saturated heterocycles. The van der Waals surface area contributed by atoms with Gasteiger partial charge in [-0.2, -0.15) is 0 Å². The van der Waals surface area contributed by atoms with Crippen LogP contribution in [-0.4, -0.2) is 5.78 Å². The standard InChI is InChI=1S/C24H20O/c1-2-3-9-17-10-4-7-13-20(17)24(25)22-15-8-14-21-19-12-6-5-11-18(19)16-23(21)22/h4-8,10-15H,2-3,9H2,1H3. The van der Waals surface area contributed by atoms with Gasteiger partial charge >= 0.3 is 0 Å². The number of benzene rings is 3. The summed E-state index contributed by atoms with van der Waals surface area (Å²) in [5.41, 5.74) is 6.97. The Bertz CT molecular complexity index is 936. The number of carbonyl (C=O) groups is 1. The van der Waals surface area contributed by atoms with Gasteiger partial charge < -0.3 is 0 Å². The third-order valence-electron chi connectivity index (χ3n) is 4.85. The van der Waals surface area contributed by atoms with Crippen molar-refractivity contribution in [3.05, 3.63) is 101 Å². The van der Waals surface area contributed by atoms with Crippen molar-refractivity contribution in [2.45, 2.75) is 26.2 Å². The van der Waals surface area contributed by atoms with E-state index < -0.39 is 0 Å². The Kier molecular flexibility index (Phi) is 4.23. The highest BCUT2D eigenvalue weighted by atomic mass is 16.1. The average Bonchev–Trinajstić information content (AvgIpc) is 3.05. The number of hydrogen-bond acceptors (Lipinski definition) is 1. The van der Waals surface area contributed by atoms with Crippen LogP contribution in [0.25, 0.3) is 11.1 Å². The summed E-state index contributed by atoms with van der Waals surface area (Å²) in [5, 5.41) is 0. The molecule has 1 aliphatic rings. The van der Waals surface area contributed by atoms with E-state index in [-0.39, 0.29) is 5.78 Å². The van der Waals surface area contributed by atoms with Crippen molar-refractivity contribution >= 4 is 5.78 Å². The quantitative estimate of drug-likeness (QED) is 0.429. The van der Waals surface area contributed by atoms with Crippen LogP contribution in [0.15, 0.2) is 66.7 Å². The Hall–Kier alpha value is -2.67. The van der Waals surface area contributed by atoms with Crippen LogP contribution in [0.2, 0.25) is 0 Å². The first-order valence-electron chi connectivity index (χ1n) is 8.91. The predicted octanol–water partition coefficient (Wildman–Crippen LogP) is 5.72. The van der Waals surface area contributed by atoms with Gasteiger partial charge in [0.1, 0.15) is 0 Å². The second-order valence-corrected chi connectivity index (χ2v) is 6.49. The van der Waals surface area contributed by atoms with Crippen LogP contribution in [0.1, 0.15) is 52.4 Å². The first-order chi connectivity index (χ1) is 12.3. The molecule has 0 N–H and O–H groups in total. The smallest absolute Gasteiger partial charge is 0.193 e. The van der Waals surface area contributed by atoms with Gasteiger partial charge in [0.15, 0.2) is 5.78 Å². The molecule has 0 aliphatic heterocycles. The van der Waals surface area contributed by atoms with E-state index in [1.807, 2.05) is 42.5 Å². The maximum atomic E-state index is 13.3. The van der Waals surface area contributed by atoms with Gasteiger partial charge in [-0.1, -0.05) is 80.1 Å². The molecule has 2 radical (unpaired) electrons. The fourth-order valence-electron chi connectivity index (χ4n) is 3.53. The van der Waals surface area contributed by atoms with E-state index in [0.717, 1.165) is 58.2 Å². The molecule has 4 rings (SSSR count). The summed E-state index contributed by atoms with van der Waals surface area (Å²) in [6, 6.07) is 22.2. The highest BCUT2D eigenvalue weighted by Crippen LogP contribution is 2.40. The Morgan fingerprint density at radius 1 is 0.840 bits per heavy atom.